The van der Waals surface area contributed by atoms with Gasteiger partial charge in [-0.3, -0.25) is 4.99 Å². The quantitative estimate of drug-likeness (QED) is 0.332. The number of nitrogens with zero attached hydrogens (tertiary/aromatic N) is 3. The Labute approximate surface area is 135 Å². The first-order valence-electron chi connectivity index (χ1n) is 7.48. The zero-order valence-electron chi connectivity index (χ0n) is 12.8. The number of aliphatic imine (C=N–C) groups is 1. The number of hydrogen-bond acceptors (Lipinski definition) is 2. The lowest BCUT2D eigenvalue weighted by atomic mass is 10.0. The zero-order chi connectivity index (χ0) is 13.4. The maximum atomic E-state index is 5.95. The Hall–Kier alpha value is -0.0400. The van der Waals surface area contributed by atoms with E-state index in [1.54, 1.807) is 0 Å². The molecule has 1 heterocycles. The molecule has 1 saturated heterocycles. The van der Waals surface area contributed by atoms with Crippen LogP contribution < -0.4 is 5.73 Å². The first-order chi connectivity index (χ1) is 8.69. The molecule has 1 atom stereocenters. The van der Waals surface area contributed by atoms with Gasteiger partial charge in [-0.25, -0.2) is 0 Å². The molecule has 0 spiro atoms. The van der Waals surface area contributed by atoms with Gasteiger partial charge in [0.25, 0.3) is 0 Å². The van der Waals surface area contributed by atoms with E-state index in [0.29, 0.717) is 5.96 Å². The largest absolute Gasteiger partial charge is 0.370 e. The minimum atomic E-state index is 0. The Kier molecular flexibility index (Phi) is 10.7. The summed E-state index contributed by atoms with van der Waals surface area (Å²) in [5.74, 6) is 0.701. The molecule has 4 nitrogen and oxygen atoms in total. The molecule has 0 aromatic heterocycles. The van der Waals surface area contributed by atoms with Gasteiger partial charge in [0, 0.05) is 32.2 Å². The van der Waals surface area contributed by atoms with E-state index in [1.165, 1.54) is 25.8 Å². The van der Waals surface area contributed by atoms with E-state index in [9.17, 15) is 0 Å². The summed E-state index contributed by atoms with van der Waals surface area (Å²) < 4.78 is 0. The molecule has 0 aliphatic carbocycles. The van der Waals surface area contributed by atoms with Crippen molar-refractivity contribution in [2.75, 3.05) is 32.7 Å². The lowest BCUT2D eigenvalue weighted by Gasteiger charge is -2.33. The molecular weight excluding hydrogens is 351 g/mol. The van der Waals surface area contributed by atoms with E-state index >= 15 is 0 Å². The van der Waals surface area contributed by atoms with E-state index in [1.807, 2.05) is 0 Å². The van der Waals surface area contributed by atoms with Gasteiger partial charge in [-0.05, 0) is 46.6 Å². The first-order valence-corrected chi connectivity index (χ1v) is 7.48. The first kappa shape index (κ1) is 19.0. The molecule has 0 saturated carbocycles. The fraction of sp³-hybridized carbons (Fsp3) is 0.929. The van der Waals surface area contributed by atoms with Crippen molar-refractivity contribution >= 4 is 29.9 Å². The molecule has 0 aromatic carbocycles. The predicted molar refractivity (Wildman–Crippen MR) is 94.3 cm³/mol. The zero-order valence-corrected chi connectivity index (χ0v) is 15.1. The van der Waals surface area contributed by atoms with Crippen LogP contribution in [0.15, 0.2) is 4.99 Å². The van der Waals surface area contributed by atoms with Crippen LogP contribution in [0, 0.1) is 0 Å². The van der Waals surface area contributed by atoms with Crippen LogP contribution in [0.5, 0.6) is 0 Å². The molecule has 0 aromatic rings. The van der Waals surface area contributed by atoms with Crippen molar-refractivity contribution in [1.82, 2.24) is 9.80 Å². The molecule has 5 heteroatoms. The normalized spacial score (nSPS) is 21.0. The van der Waals surface area contributed by atoms with Gasteiger partial charge in [0.2, 0.25) is 0 Å². The highest BCUT2D eigenvalue weighted by Crippen LogP contribution is 2.16. The number of hydrogen-bond donors (Lipinski definition) is 1. The second-order valence-corrected chi connectivity index (χ2v) is 5.15. The molecule has 0 amide bonds. The number of halogens is 1. The maximum absolute atomic E-state index is 5.95. The van der Waals surface area contributed by atoms with Crippen LogP contribution in [-0.4, -0.2) is 54.5 Å². The van der Waals surface area contributed by atoms with Gasteiger partial charge in [0.15, 0.2) is 5.96 Å². The highest BCUT2D eigenvalue weighted by Gasteiger charge is 2.16. The average molecular weight is 382 g/mol. The molecular formula is C14H31IN4. The molecule has 114 valence electrons. The van der Waals surface area contributed by atoms with Gasteiger partial charge in [0.1, 0.15) is 0 Å². The van der Waals surface area contributed by atoms with Crippen LogP contribution in [0.4, 0.5) is 0 Å². The molecule has 1 aliphatic heterocycles. The molecule has 2 N–H and O–H groups in total. The summed E-state index contributed by atoms with van der Waals surface area (Å²) >= 11 is 0. The third kappa shape index (κ3) is 6.79. The lowest BCUT2D eigenvalue weighted by molar-refractivity contribution is 0.160. The number of guanidine groups is 1. The molecule has 0 bridgehead atoms. The molecule has 1 unspecified atom stereocenters. The van der Waals surface area contributed by atoms with Crippen molar-refractivity contribution in [2.24, 2.45) is 10.7 Å². The van der Waals surface area contributed by atoms with Crippen molar-refractivity contribution in [3.63, 3.8) is 0 Å². The second kappa shape index (κ2) is 10.7. The Balaban J connectivity index is 0.00000324. The molecule has 0 radical (unpaired) electrons. The van der Waals surface area contributed by atoms with Crippen molar-refractivity contribution in [3.05, 3.63) is 0 Å². The number of rotatable bonds is 6. The molecule has 1 rings (SSSR count). The summed E-state index contributed by atoms with van der Waals surface area (Å²) in [6.45, 7) is 11.7. The van der Waals surface area contributed by atoms with Crippen molar-refractivity contribution in [2.45, 2.75) is 52.5 Å². The number of nitrogens with two attached hydrogens (primary N) is 1. The third-order valence-corrected chi connectivity index (χ3v) is 3.91. The molecule has 1 fully saturated rings. The van der Waals surface area contributed by atoms with Gasteiger partial charge in [-0.2, -0.15) is 0 Å². The number of likely N-dealkylation sites (tertiary alicyclic amines) is 1. The van der Waals surface area contributed by atoms with Crippen molar-refractivity contribution < 1.29 is 0 Å². The summed E-state index contributed by atoms with van der Waals surface area (Å²) in [7, 11) is 0. The van der Waals surface area contributed by atoms with Gasteiger partial charge in [-0.15, -0.1) is 24.0 Å². The standard InChI is InChI=1S/C14H30N4.HI/c1-4-17(5-2)14(15)16-10-8-12-18-11-7-6-9-13(18)3;/h13H,4-12H2,1-3H3,(H2,15,16);1H. The van der Waals surface area contributed by atoms with Crippen molar-refractivity contribution in [3.8, 4) is 0 Å². The average Bonchev–Trinajstić information content (AvgIpc) is 2.38. The fourth-order valence-corrected chi connectivity index (χ4v) is 2.60. The van der Waals surface area contributed by atoms with Crippen LogP contribution in [0.3, 0.4) is 0 Å². The summed E-state index contributed by atoms with van der Waals surface area (Å²) in [5.41, 5.74) is 5.95. The van der Waals surface area contributed by atoms with Crippen LogP contribution >= 0.6 is 24.0 Å². The Morgan fingerprint density at radius 1 is 1.32 bits per heavy atom. The maximum Gasteiger partial charge on any atom is 0.191 e. The Morgan fingerprint density at radius 3 is 2.58 bits per heavy atom. The van der Waals surface area contributed by atoms with Gasteiger partial charge in [-0.1, -0.05) is 6.42 Å². The summed E-state index contributed by atoms with van der Waals surface area (Å²) in [5, 5.41) is 0. The fourth-order valence-electron chi connectivity index (χ4n) is 2.60. The van der Waals surface area contributed by atoms with E-state index < -0.39 is 0 Å². The van der Waals surface area contributed by atoms with Crippen LogP contribution in [0.2, 0.25) is 0 Å². The SMILES string of the molecule is CCN(CC)C(N)=NCCCN1CCCCC1C.I. The minimum Gasteiger partial charge on any atom is -0.370 e. The topological polar surface area (TPSA) is 44.9 Å². The van der Waals surface area contributed by atoms with Gasteiger partial charge in [0.05, 0.1) is 0 Å². The summed E-state index contributed by atoms with van der Waals surface area (Å²) in [4.78, 5) is 9.16. The minimum absolute atomic E-state index is 0. The smallest absolute Gasteiger partial charge is 0.191 e. The van der Waals surface area contributed by atoms with Crippen LogP contribution in [-0.2, 0) is 0 Å². The van der Waals surface area contributed by atoms with E-state index in [2.05, 4.69) is 35.6 Å². The predicted octanol–water partition coefficient (Wildman–Crippen LogP) is 2.53. The highest BCUT2D eigenvalue weighted by molar-refractivity contribution is 14.0. The van der Waals surface area contributed by atoms with Gasteiger partial charge >= 0.3 is 0 Å². The summed E-state index contributed by atoms with van der Waals surface area (Å²) in [6, 6.07) is 0.753. The van der Waals surface area contributed by atoms with E-state index in [0.717, 1.165) is 38.6 Å². The van der Waals surface area contributed by atoms with Crippen LogP contribution in [0.1, 0.15) is 46.5 Å². The summed E-state index contributed by atoms with van der Waals surface area (Å²) in [6.07, 6.45) is 5.22. The van der Waals surface area contributed by atoms with E-state index in [-0.39, 0.29) is 24.0 Å². The number of piperidine rings is 1. The van der Waals surface area contributed by atoms with Gasteiger partial charge < -0.3 is 15.5 Å². The Morgan fingerprint density at radius 2 is 2.00 bits per heavy atom. The van der Waals surface area contributed by atoms with Crippen molar-refractivity contribution in [1.29, 1.82) is 0 Å². The Bertz CT molecular complexity index is 254. The third-order valence-electron chi connectivity index (χ3n) is 3.91. The molecule has 1 aliphatic rings. The monoisotopic (exact) mass is 382 g/mol. The second-order valence-electron chi connectivity index (χ2n) is 5.15. The highest BCUT2D eigenvalue weighted by atomic mass is 127. The van der Waals surface area contributed by atoms with Crippen LogP contribution in [0.25, 0.3) is 0 Å². The lowest BCUT2D eigenvalue weighted by Crippen LogP contribution is -2.39. The molecule has 19 heavy (non-hydrogen) atoms. The van der Waals surface area contributed by atoms with E-state index in [4.69, 9.17) is 5.73 Å².